The maximum Gasteiger partial charge on any atom is 0.270 e. The zero-order valence-corrected chi connectivity index (χ0v) is 20.2. The van der Waals surface area contributed by atoms with Gasteiger partial charge in [0.2, 0.25) is 9.47 Å². The third-order valence-electron chi connectivity index (χ3n) is 5.69. The molecule has 10 heteroatoms. The van der Waals surface area contributed by atoms with Crippen molar-refractivity contribution in [3.8, 4) is 0 Å². The van der Waals surface area contributed by atoms with Crippen molar-refractivity contribution in [3.63, 3.8) is 0 Å². The summed E-state index contributed by atoms with van der Waals surface area (Å²) >= 11 is 0.816. The molecule has 1 atom stereocenters. The molecule has 33 heavy (non-hydrogen) atoms. The Morgan fingerprint density at radius 2 is 1.73 bits per heavy atom. The van der Waals surface area contributed by atoms with Gasteiger partial charge in [-0.1, -0.05) is 41.7 Å². The number of anilines is 2. The number of benzene rings is 2. The molecule has 1 fully saturated rings. The van der Waals surface area contributed by atoms with Gasteiger partial charge in [-0.25, -0.2) is 13.1 Å². The second-order valence-corrected chi connectivity index (χ2v) is 11.0. The van der Waals surface area contributed by atoms with Gasteiger partial charge in [0.05, 0.1) is 0 Å². The lowest BCUT2D eigenvalue weighted by Crippen LogP contribution is -2.29. The molecule has 0 radical (unpaired) electrons. The zero-order chi connectivity index (χ0) is 23.4. The Labute approximate surface area is 198 Å². The van der Waals surface area contributed by atoms with Gasteiger partial charge in [-0.2, -0.15) is 0 Å². The van der Waals surface area contributed by atoms with E-state index in [1.807, 2.05) is 43.3 Å². The second kappa shape index (κ2) is 9.98. The molecule has 0 aliphatic carbocycles. The van der Waals surface area contributed by atoms with Gasteiger partial charge in [0.25, 0.3) is 15.9 Å². The number of nitrogens with one attached hydrogen (secondary N) is 2. The first kappa shape index (κ1) is 23.3. The lowest BCUT2D eigenvalue weighted by atomic mass is 10.1. The number of sulfonamides is 1. The first-order chi connectivity index (χ1) is 15.8. The molecule has 1 amide bonds. The van der Waals surface area contributed by atoms with Gasteiger partial charge in [-0.15, -0.1) is 10.2 Å². The van der Waals surface area contributed by atoms with E-state index in [9.17, 15) is 13.2 Å². The van der Waals surface area contributed by atoms with Crippen LogP contribution in [0, 0.1) is 6.92 Å². The molecule has 0 spiro atoms. The average Bonchev–Trinajstić information content (AvgIpc) is 3.29. The molecule has 4 rings (SSSR count). The van der Waals surface area contributed by atoms with Crippen molar-refractivity contribution < 1.29 is 13.2 Å². The summed E-state index contributed by atoms with van der Waals surface area (Å²) in [5.41, 5.74) is 3.33. The van der Waals surface area contributed by atoms with E-state index >= 15 is 0 Å². The lowest BCUT2D eigenvalue weighted by Gasteiger charge is -2.29. The Kier molecular flexibility index (Phi) is 7.06. The summed E-state index contributed by atoms with van der Waals surface area (Å²) in [6.07, 6.45) is 3.68. The maximum atomic E-state index is 12.8. The standard InChI is InChI=1S/C23H27N5O3S2/c1-16-8-4-5-9-20(16)21(29)24-22-25-26-23(32-22)33(30,31)27-17(2)18-10-12-19(13-11-18)28-14-6-3-7-15-28/h4-5,8-13,17,27H,3,6-7,14-15H2,1-2H3,(H,24,25,29)/t17-/m1/s1. The summed E-state index contributed by atoms with van der Waals surface area (Å²) in [7, 11) is -3.89. The molecule has 2 heterocycles. The maximum absolute atomic E-state index is 12.8. The number of piperidine rings is 1. The van der Waals surface area contributed by atoms with E-state index in [0.29, 0.717) is 5.56 Å². The molecule has 1 aliphatic heterocycles. The van der Waals surface area contributed by atoms with Crippen molar-refractivity contribution in [2.24, 2.45) is 0 Å². The van der Waals surface area contributed by atoms with E-state index in [2.05, 4.69) is 25.1 Å². The van der Waals surface area contributed by atoms with Crippen LogP contribution in [-0.4, -0.2) is 37.6 Å². The average molecular weight is 486 g/mol. The van der Waals surface area contributed by atoms with Gasteiger partial charge in [-0.05, 0) is 62.4 Å². The molecule has 3 aromatic rings. The summed E-state index contributed by atoms with van der Waals surface area (Å²) in [6, 6.07) is 14.7. The number of amides is 1. The number of hydrogen-bond donors (Lipinski definition) is 2. The molecule has 2 aromatic carbocycles. The number of carbonyl (C=O) groups is 1. The minimum absolute atomic E-state index is 0.127. The first-order valence-electron chi connectivity index (χ1n) is 10.9. The molecule has 1 aliphatic rings. The summed E-state index contributed by atoms with van der Waals surface area (Å²) in [5.74, 6) is -0.358. The van der Waals surface area contributed by atoms with Gasteiger partial charge in [0.15, 0.2) is 0 Å². The molecule has 8 nitrogen and oxygen atoms in total. The Balaban J connectivity index is 1.41. The highest BCUT2D eigenvalue weighted by molar-refractivity contribution is 7.91. The Bertz CT molecular complexity index is 1220. The highest BCUT2D eigenvalue weighted by atomic mass is 32.2. The van der Waals surface area contributed by atoms with Crippen LogP contribution in [0.25, 0.3) is 0 Å². The van der Waals surface area contributed by atoms with E-state index in [1.54, 1.807) is 19.1 Å². The van der Waals surface area contributed by atoms with E-state index < -0.39 is 16.1 Å². The number of nitrogens with zero attached hydrogens (tertiary/aromatic N) is 3. The van der Waals surface area contributed by atoms with Crippen LogP contribution in [0.1, 0.15) is 53.7 Å². The molecular weight excluding hydrogens is 458 g/mol. The number of carbonyl (C=O) groups excluding carboxylic acids is 1. The van der Waals surface area contributed by atoms with Crippen molar-refractivity contribution in [1.29, 1.82) is 0 Å². The van der Waals surface area contributed by atoms with Crippen LogP contribution in [0.2, 0.25) is 0 Å². The van der Waals surface area contributed by atoms with Crippen LogP contribution in [0.4, 0.5) is 10.8 Å². The first-order valence-corrected chi connectivity index (χ1v) is 13.2. The third-order valence-corrected chi connectivity index (χ3v) is 8.44. The van der Waals surface area contributed by atoms with Crippen LogP contribution < -0.4 is 14.9 Å². The zero-order valence-electron chi connectivity index (χ0n) is 18.6. The molecule has 2 N–H and O–H groups in total. The molecule has 0 bridgehead atoms. The quantitative estimate of drug-likeness (QED) is 0.488. The van der Waals surface area contributed by atoms with Crippen molar-refractivity contribution in [3.05, 3.63) is 65.2 Å². The van der Waals surface area contributed by atoms with Gasteiger partial charge in [-0.3, -0.25) is 10.1 Å². The predicted molar refractivity (Wildman–Crippen MR) is 130 cm³/mol. The second-order valence-electron chi connectivity index (χ2n) is 8.12. The largest absolute Gasteiger partial charge is 0.372 e. The van der Waals surface area contributed by atoms with Crippen LogP contribution in [0.5, 0.6) is 0 Å². The van der Waals surface area contributed by atoms with E-state index in [1.165, 1.54) is 19.3 Å². The Hall–Kier alpha value is -2.82. The molecule has 174 valence electrons. The minimum Gasteiger partial charge on any atom is -0.372 e. The summed E-state index contributed by atoms with van der Waals surface area (Å²) < 4.78 is 28.1. The Morgan fingerprint density at radius 1 is 1.03 bits per heavy atom. The van der Waals surface area contributed by atoms with E-state index in [0.717, 1.165) is 41.2 Å². The van der Waals surface area contributed by atoms with Crippen molar-refractivity contribution in [2.45, 2.75) is 43.5 Å². The number of aromatic nitrogens is 2. The van der Waals surface area contributed by atoms with Crippen LogP contribution in [0.15, 0.2) is 52.9 Å². The highest BCUT2D eigenvalue weighted by Gasteiger charge is 2.24. The van der Waals surface area contributed by atoms with Crippen molar-refractivity contribution in [1.82, 2.24) is 14.9 Å². The van der Waals surface area contributed by atoms with E-state index in [4.69, 9.17) is 0 Å². The fourth-order valence-corrected chi connectivity index (χ4v) is 5.98. The normalized spacial score (nSPS) is 15.3. The molecule has 1 aromatic heterocycles. The minimum atomic E-state index is -3.89. The molecule has 0 unspecified atom stereocenters. The van der Waals surface area contributed by atoms with Crippen molar-refractivity contribution in [2.75, 3.05) is 23.3 Å². The van der Waals surface area contributed by atoms with Crippen LogP contribution in [0.3, 0.4) is 0 Å². The van der Waals surface area contributed by atoms with Gasteiger partial charge < -0.3 is 4.90 Å². The Morgan fingerprint density at radius 3 is 2.42 bits per heavy atom. The lowest BCUT2D eigenvalue weighted by molar-refractivity contribution is 0.102. The topological polar surface area (TPSA) is 104 Å². The smallest absolute Gasteiger partial charge is 0.270 e. The fourth-order valence-electron chi connectivity index (χ4n) is 3.84. The summed E-state index contributed by atoms with van der Waals surface area (Å²) in [6.45, 7) is 5.73. The van der Waals surface area contributed by atoms with Gasteiger partial charge in [0, 0.05) is 30.4 Å². The third kappa shape index (κ3) is 5.58. The van der Waals surface area contributed by atoms with Crippen LogP contribution >= 0.6 is 11.3 Å². The summed E-state index contributed by atoms with van der Waals surface area (Å²) in [4.78, 5) is 14.8. The molecule has 1 saturated heterocycles. The fraction of sp³-hybridized carbons (Fsp3) is 0.348. The number of hydrogen-bond acceptors (Lipinski definition) is 7. The highest BCUT2D eigenvalue weighted by Crippen LogP contribution is 2.25. The van der Waals surface area contributed by atoms with Crippen LogP contribution in [-0.2, 0) is 10.0 Å². The SMILES string of the molecule is Cc1ccccc1C(=O)Nc1nnc(S(=O)(=O)N[C@H](C)c2ccc(N3CCCCC3)cc2)s1. The van der Waals surface area contributed by atoms with Gasteiger partial charge in [0.1, 0.15) is 0 Å². The van der Waals surface area contributed by atoms with Crippen molar-refractivity contribution >= 4 is 38.1 Å². The van der Waals surface area contributed by atoms with E-state index in [-0.39, 0.29) is 15.4 Å². The monoisotopic (exact) mass is 485 g/mol. The number of rotatable bonds is 7. The molecule has 0 saturated carbocycles. The summed E-state index contributed by atoms with van der Waals surface area (Å²) in [5, 5.41) is 10.4. The predicted octanol–water partition coefficient (Wildman–Crippen LogP) is 4.13. The van der Waals surface area contributed by atoms with Gasteiger partial charge >= 0.3 is 0 Å². The molecular formula is C23H27N5O3S2. The number of aryl methyl sites for hydroxylation is 1.